The number of hydrogen-bond donors (Lipinski definition) is 3. The van der Waals surface area contributed by atoms with Crippen molar-refractivity contribution in [3.63, 3.8) is 0 Å². The van der Waals surface area contributed by atoms with E-state index in [0.29, 0.717) is 19.3 Å². The van der Waals surface area contributed by atoms with E-state index in [1.54, 1.807) is 30.3 Å². The van der Waals surface area contributed by atoms with Gasteiger partial charge in [0.1, 0.15) is 0 Å². The van der Waals surface area contributed by atoms with Gasteiger partial charge < -0.3 is 16.0 Å². The molecule has 1 aliphatic carbocycles. The van der Waals surface area contributed by atoms with Crippen LogP contribution in [-0.4, -0.2) is 50.7 Å². The molecule has 2 amide bonds. The second kappa shape index (κ2) is 12.1. The van der Waals surface area contributed by atoms with Gasteiger partial charge in [-0.1, -0.05) is 38.1 Å². The number of hydrogen-bond acceptors (Lipinski definition) is 5. The van der Waals surface area contributed by atoms with Crippen molar-refractivity contribution in [2.75, 3.05) is 12.3 Å². The molecule has 1 fully saturated rings. The molecular formula is C26H32F3N3O4S. The van der Waals surface area contributed by atoms with E-state index in [9.17, 15) is 31.2 Å². The first-order valence-electron chi connectivity index (χ1n) is 12.1. The zero-order chi connectivity index (χ0) is 27.2. The first-order chi connectivity index (χ1) is 17.3. The van der Waals surface area contributed by atoms with Gasteiger partial charge in [0.2, 0.25) is 5.91 Å². The maximum atomic E-state index is 13.0. The number of benzene rings is 2. The average Bonchev–Trinajstić information content (AvgIpc) is 2.84. The Balaban J connectivity index is 1.60. The van der Waals surface area contributed by atoms with Crippen molar-refractivity contribution in [1.82, 2.24) is 16.0 Å². The molecule has 0 radical (unpaired) electrons. The lowest BCUT2D eigenvalue weighted by molar-refractivity contribution is -0.137. The zero-order valence-corrected chi connectivity index (χ0v) is 21.5. The second-order valence-electron chi connectivity index (χ2n) is 9.62. The van der Waals surface area contributed by atoms with E-state index < -0.39 is 39.9 Å². The highest BCUT2D eigenvalue weighted by molar-refractivity contribution is 7.91. The van der Waals surface area contributed by atoms with Gasteiger partial charge in [-0.3, -0.25) is 9.59 Å². The maximum absolute atomic E-state index is 13.0. The molecule has 1 saturated carbocycles. The Labute approximate surface area is 215 Å². The van der Waals surface area contributed by atoms with E-state index in [-0.39, 0.29) is 40.3 Å². The number of rotatable bonds is 9. The molecule has 11 heteroatoms. The van der Waals surface area contributed by atoms with Gasteiger partial charge in [0.05, 0.1) is 22.8 Å². The summed E-state index contributed by atoms with van der Waals surface area (Å²) >= 11 is 0. The predicted octanol–water partition coefficient (Wildman–Crippen LogP) is 3.56. The molecule has 2 aromatic rings. The minimum Gasteiger partial charge on any atom is -0.352 e. The summed E-state index contributed by atoms with van der Waals surface area (Å²) in [5.74, 6) is -1.60. The third-order valence-corrected chi connectivity index (χ3v) is 8.15. The van der Waals surface area contributed by atoms with E-state index >= 15 is 0 Å². The van der Waals surface area contributed by atoms with Gasteiger partial charge in [-0.05, 0) is 55.5 Å². The number of sulfone groups is 1. The number of carbonyl (C=O) groups excluding carboxylic acids is 2. The Hall–Kier alpha value is -2.92. The highest BCUT2D eigenvalue weighted by Crippen LogP contribution is 2.30. The molecule has 3 atom stereocenters. The number of alkyl halides is 3. The monoisotopic (exact) mass is 539 g/mol. The van der Waals surface area contributed by atoms with E-state index in [4.69, 9.17) is 0 Å². The molecule has 0 saturated heterocycles. The van der Waals surface area contributed by atoms with E-state index in [1.807, 2.05) is 13.8 Å². The third-order valence-electron chi connectivity index (χ3n) is 6.29. The van der Waals surface area contributed by atoms with Crippen LogP contribution in [0.15, 0.2) is 59.5 Å². The standard InChI is InChI=1S/C26H32F3N3O4S/c1-17(2)31-23-12-11-21(14-19(23)16-37(35,36)22-9-4-3-5-10-22)32-24(33)15-30-25(34)18-7-6-8-20(13-18)26(27,28)29/h3-10,13,17,19,21,23,31H,11-12,14-16H2,1-2H3,(H,30,34)(H,32,33)/t19-,21-,23-/m0/s1. The predicted molar refractivity (Wildman–Crippen MR) is 134 cm³/mol. The topological polar surface area (TPSA) is 104 Å². The molecular weight excluding hydrogens is 507 g/mol. The molecule has 2 aromatic carbocycles. The molecule has 37 heavy (non-hydrogen) atoms. The van der Waals surface area contributed by atoms with Crippen LogP contribution in [0.4, 0.5) is 13.2 Å². The Kier molecular flexibility index (Phi) is 9.36. The first kappa shape index (κ1) is 28.6. The lowest BCUT2D eigenvalue weighted by Crippen LogP contribution is -2.51. The van der Waals surface area contributed by atoms with Crippen LogP contribution in [0.25, 0.3) is 0 Å². The molecule has 0 spiro atoms. The van der Waals surface area contributed by atoms with E-state index in [2.05, 4.69) is 16.0 Å². The lowest BCUT2D eigenvalue weighted by atomic mass is 9.82. The van der Waals surface area contributed by atoms with Crippen molar-refractivity contribution < 1.29 is 31.2 Å². The van der Waals surface area contributed by atoms with Crippen LogP contribution in [0.3, 0.4) is 0 Å². The van der Waals surface area contributed by atoms with Gasteiger partial charge in [-0.2, -0.15) is 13.2 Å². The van der Waals surface area contributed by atoms with Gasteiger partial charge in [0.25, 0.3) is 5.91 Å². The quantitative estimate of drug-likeness (QED) is 0.452. The summed E-state index contributed by atoms with van der Waals surface area (Å²) in [6.07, 6.45) is -2.86. The zero-order valence-electron chi connectivity index (χ0n) is 20.7. The first-order valence-corrected chi connectivity index (χ1v) is 13.8. The van der Waals surface area contributed by atoms with Crippen LogP contribution in [0.5, 0.6) is 0 Å². The largest absolute Gasteiger partial charge is 0.416 e. The fraction of sp³-hybridized carbons (Fsp3) is 0.462. The van der Waals surface area contributed by atoms with Crippen LogP contribution < -0.4 is 16.0 Å². The molecule has 3 N–H and O–H groups in total. The highest BCUT2D eigenvalue weighted by atomic mass is 32.2. The van der Waals surface area contributed by atoms with E-state index in [0.717, 1.165) is 18.2 Å². The SMILES string of the molecule is CC(C)N[C@H]1CC[C@H](NC(=O)CNC(=O)c2cccc(C(F)(F)F)c2)C[C@H]1CS(=O)(=O)c1ccccc1. The average molecular weight is 540 g/mol. The number of nitrogens with one attached hydrogen (secondary N) is 3. The summed E-state index contributed by atoms with van der Waals surface area (Å²) in [7, 11) is -3.54. The van der Waals surface area contributed by atoms with Crippen molar-refractivity contribution in [3.8, 4) is 0 Å². The van der Waals surface area contributed by atoms with Crippen LogP contribution in [-0.2, 0) is 20.8 Å². The van der Waals surface area contributed by atoms with Crippen LogP contribution >= 0.6 is 0 Å². The normalized spacial score (nSPS) is 20.4. The highest BCUT2D eigenvalue weighted by Gasteiger charge is 2.35. The van der Waals surface area contributed by atoms with Gasteiger partial charge in [-0.15, -0.1) is 0 Å². The molecule has 0 bridgehead atoms. The molecule has 202 valence electrons. The third kappa shape index (κ3) is 8.29. The molecule has 0 heterocycles. The van der Waals surface area contributed by atoms with Crippen molar-refractivity contribution in [1.29, 1.82) is 0 Å². The molecule has 7 nitrogen and oxygen atoms in total. The number of halogens is 3. The Bertz CT molecular complexity index is 1190. The number of carbonyl (C=O) groups is 2. The minimum atomic E-state index is -4.58. The van der Waals surface area contributed by atoms with Crippen molar-refractivity contribution >= 4 is 21.7 Å². The fourth-order valence-corrected chi connectivity index (χ4v) is 6.31. The summed E-state index contributed by atoms with van der Waals surface area (Å²) in [5, 5.41) is 8.62. The molecule has 0 aliphatic heterocycles. The van der Waals surface area contributed by atoms with E-state index in [1.165, 1.54) is 6.07 Å². The van der Waals surface area contributed by atoms with Gasteiger partial charge in [0, 0.05) is 23.7 Å². The molecule has 3 rings (SSSR count). The smallest absolute Gasteiger partial charge is 0.352 e. The fourth-order valence-electron chi connectivity index (χ4n) is 4.61. The van der Waals surface area contributed by atoms with Crippen LogP contribution in [0, 0.1) is 5.92 Å². The van der Waals surface area contributed by atoms with Crippen LogP contribution in [0.2, 0.25) is 0 Å². The van der Waals surface area contributed by atoms with Crippen molar-refractivity contribution in [2.24, 2.45) is 5.92 Å². The van der Waals surface area contributed by atoms with Crippen molar-refractivity contribution in [3.05, 3.63) is 65.7 Å². The maximum Gasteiger partial charge on any atom is 0.416 e. The van der Waals surface area contributed by atoms with Crippen LogP contribution in [0.1, 0.15) is 49.0 Å². The summed E-state index contributed by atoms with van der Waals surface area (Å²) < 4.78 is 64.7. The summed E-state index contributed by atoms with van der Waals surface area (Å²) in [6.45, 7) is 3.57. The summed E-state index contributed by atoms with van der Waals surface area (Å²) in [6, 6.07) is 12.0. The van der Waals surface area contributed by atoms with Gasteiger partial charge in [-0.25, -0.2) is 8.42 Å². The summed E-state index contributed by atoms with van der Waals surface area (Å²) in [5.41, 5.74) is -1.15. The minimum absolute atomic E-state index is 0.0350. The summed E-state index contributed by atoms with van der Waals surface area (Å²) in [4.78, 5) is 25.0. The Morgan fingerprint density at radius 3 is 2.38 bits per heavy atom. The van der Waals surface area contributed by atoms with Gasteiger partial charge in [0.15, 0.2) is 9.84 Å². The molecule has 1 aliphatic rings. The van der Waals surface area contributed by atoms with Gasteiger partial charge >= 0.3 is 6.18 Å². The van der Waals surface area contributed by atoms with Crippen molar-refractivity contribution in [2.45, 2.75) is 62.3 Å². The second-order valence-corrected chi connectivity index (χ2v) is 11.7. The molecule has 0 unspecified atom stereocenters. The Morgan fingerprint density at radius 2 is 1.73 bits per heavy atom. The lowest BCUT2D eigenvalue weighted by Gasteiger charge is -2.38. The molecule has 0 aromatic heterocycles. The Morgan fingerprint density at radius 1 is 1.03 bits per heavy atom. The number of amides is 2.